The zero-order valence-electron chi connectivity index (χ0n) is 21.6. The lowest BCUT2D eigenvalue weighted by molar-refractivity contribution is -0.131. The maximum Gasteiger partial charge on any atom is 0.317 e. The molecule has 1 aliphatic rings. The van der Waals surface area contributed by atoms with Crippen molar-refractivity contribution in [3.05, 3.63) is 71.4 Å². The predicted octanol–water partition coefficient (Wildman–Crippen LogP) is 3.31. The number of rotatable bonds is 8. The number of benzene rings is 2. The molecule has 10 nitrogen and oxygen atoms in total. The summed E-state index contributed by atoms with van der Waals surface area (Å²) in [7, 11) is 0. The van der Waals surface area contributed by atoms with Gasteiger partial charge in [0.2, 0.25) is 5.91 Å². The number of nitrogens with one attached hydrogen (secondary N) is 3. The average molecular weight is 520 g/mol. The number of ether oxygens (including phenoxy) is 1. The lowest BCUT2D eigenvalue weighted by Gasteiger charge is -2.42. The quantitative estimate of drug-likeness (QED) is 0.267. The Balaban J connectivity index is 1.45. The first-order valence-electron chi connectivity index (χ1n) is 12.7. The van der Waals surface area contributed by atoms with E-state index in [1.54, 1.807) is 34.6 Å². The minimum atomic E-state index is -1.01. The van der Waals surface area contributed by atoms with Crippen LogP contribution in [0.5, 0.6) is 5.75 Å². The van der Waals surface area contributed by atoms with Crippen LogP contribution >= 0.6 is 0 Å². The van der Waals surface area contributed by atoms with Gasteiger partial charge in [0.25, 0.3) is 5.91 Å². The number of likely N-dealkylation sites (tertiary alicyclic amines) is 1. The molecule has 1 saturated heterocycles. The summed E-state index contributed by atoms with van der Waals surface area (Å²) in [5, 5.41) is 15.9. The number of aromatic nitrogens is 1. The third kappa shape index (κ3) is 6.38. The van der Waals surface area contributed by atoms with E-state index < -0.39 is 11.4 Å². The van der Waals surface area contributed by atoms with Gasteiger partial charge in [0.05, 0.1) is 17.5 Å². The Bertz CT molecular complexity index is 1310. The molecule has 2 aromatic carbocycles. The Morgan fingerprint density at radius 1 is 1.13 bits per heavy atom. The molecule has 4 rings (SSSR count). The van der Waals surface area contributed by atoms with Gasteiger partial charge in [0.15, 0.2) is 0 Å². The second-order valence-corrected chi connectivity index (χ2v) is 9.56. The normalized spacial score (nSPS) is 17.1. The Kier molecular flexibility index (Phi) is 8.42. The van der Waals surface area contributed by atoms with Crippen LogP contribution in [0.3, 0.4) is 0 Å². The van der Waals surface area contributed by atoms with Crippen molar-refractivity contribution in [3.8, 4) is 5.75 Å². The molecule has 0 saturated carbocycles. The molecule has 0 bridgehead atoms. The Morgan fingerprint density at radius 3 is 2.63 bits per heavy atom. The third-order valence-corrected chi connectivity index (χ3v) is 6.64. The van der Waals surface area contributed by atoms with E-state index in [-0.39, 0.29) is 24.9 Å². The summed E-state index contributed by atoms with van der Waals surface area (Å²) in [6.07, 6.45) is 0.931. The van der Waals surface area contributed by atoms with Crippen LogP contribution in [0.2, 0.25) is 0 Å². The van der Waals surface area contributed by atoms with Crippen molar-refractivity contribution in [1.29, 1.82) is 0 Å². The van der Waals surface area contributed by atoms with Crippen LogP contribution in [0.4, 0.5) is 4.79 Å². The Morgan fingerprint density at radius 2 is 1.89 bits per heavy atom. The highest BCUT2D eigenvalue weighted by molar-refractivity contribution is 5.95. The zero-order chi connectivity index (χ0) is 27.1. The molecule has 1 aromatic heterocycles. The Labute approximate surface area is 221 Å². The van der Waals surface area contributed by atoms with E-state index in [0.29, 0.717) is 43.9 Å². The maximum atomic E-state index is 13.2. The molecule has 0 spiro atoms. The fourth-order valence-electron chi connectivity index (χ4n) is 4.90. The van der Waals surface area contributed by atoms with Crippen LogP contribution < -0.4 is 20.9 Å². The number of hydrogen-bond acceptors (Lipinski definition) is 6. The van der Waals surface area contributed by atoms with Crippen molar-refractivity contribution in [3.63, 3.8) is 0 Å². The van der Waals surface area contributed by atoms with E-state index in [9.17, 15) is 14.4 Å². The number of hydrogen-bond donors (Lipinski definition) is 4. The van der Waals surface area contributed by atoms with Gasteiger partial charge in [-0.3, -0.25) is 19.8 Å². The molecule has 38 heavy (non-hydrogen) atoms. The second kappa shape index (κ2) is 11.9. The van der Waals surface area contributed by atoms with Crippen LogP contribution in [-0.4, -0.2) is 58.1 Å². The number of para-hydroxylation sites is 1. The molecule has 1 unspecified atom stereocenters. The minimum absolute atomic E-state index is 0.151. The topological polar surface area (TPSA) is 133 Å². The van der Waals surface area contributed by atoms with Gasteiger partial charge < -0.3 is 20.3 Å². The minimum Gasteiger partial charge on any atom is -0.489 e. The molecule has 0 aliphatic carbocycles. The van der Waals surface area contributed by atoms with Gasteiger partial charge in [0, 0.05) is 41.8 Å². The number of hydroxylamine groups is 1. The van der Waals surface area contributed by atoms with Gasteiger partial charge in [-0.1, -0.05) is 18.2 Å². The number of carbonyl (C=O) groups excluding carboxylic acids is 3. The molecular formula is C28H33N5O5. The highest BCUT2D eigenvalue weighted by Gasteiger charge is 2.40. The fourth-order valence-corrected chi connectivity index (χ4v) is 4.90. The number of fused-ring (bicyclic) bond motifs is 1. The second-order valence-electron chi connectivity index (χ2n) is 9.56. The van der Waals surface area contributed by atoms with E-state index in [1.807, 2.05) is 44.2 Å². The van der Waals surface area contributed by atoms with Crippen molar-refractivity contribution in [2.45, 2.75) is 45.3 Å². The van der Waals surface area contributed by atoms with Crippen LogP contribution in [0.15, 0.2) is 54.6 Å². The standard InChI is InChI=1S/C28H33N5O5/c1-3-29-27(36)33-14-6-13-28(18-33,16-25(34)32-37)31-26(35)20-9-11-22(12-10-20)38-17-21-15-19(2)30-24-8-5-4-7-23(21)24/h4-5,7-12,15,37H,3,6,13-14,16-18H2,1-2H3,(H,29,36)(H,31,35)(H,32,34). The molecule has 3 aromatic rings. The highest BCUT2D eigenvalue weighted by Crippen LogP contribution is 2.26. The van der Waals surface area contributed by atoms with Crippen LogP contribution in [0.1, 0.15) is 47.8 Å². The van der Waals surface area contributed by atoms with Gasteiger partial charge in [-0.2, -0.15) is 0 Å². The summed E-state index contributed by atoms with van der Waals surface area (Å²) in [5.74, 6) is -0.406. The number of amides is 4. The number of urea groups is 1. The maximum absolute atomic E-state index is 13.2. The molecular weight excluding hydrogens is 486 g/mol. The summed E-state index contributed by atoms with van der Waals surface area (Å²) in [6, 6.07) is 16.4. The summed E-state index contributed by atoms with van der Waals surface area (Å²) in [5.41, 5.74) is 3.86. The van der Waals surface area contributed by atoms with Gasteiger partial charge >= 0.3 is 6.03 Å². The number of nitrogens with zero attached hydrogens (tertiary/aromatic N) is 2. The molecule has 4 N–H and O–H groups in total. The number of piperidine rings is 1. The molecule has 0 radical (unpaired) electrons. The molecule has 200 valence electrons. The SMILES string of the molecule is CCNC(=O)N1CCCC(CC(=O)NO)(NC(=O)c2ccc(OCc3cc(C)nc4ccccc34)cc2)C1. The predicted molar refractivity (Wildman–Crippen MR) is 142 cm³/mol. The largest absolute Gasteiger partial charge is 0.489 e. The van der Waals surface area contributed by atoms with Crippen molar-refractivity contribution in [1.82, 2.24) is 26.0 Å². The van der Waals surface area contributed by atoms with E-state index in [1.165, 1.54) is 0 Å². The molecule has 2 heterocycles. The summed E-state index contributed by atoms with van der Waals surface area (Å²) < 4.78 is 6.00. The Hall–Kier alpha value is -4.18. The molecule has 10 heteroatoms. The monoisotopic (exact) mass is 519 g/mol. The lowest BCUT2D eigenvalue weighted by Crippen LogP contribution is -2.62. The highest BCUT2D eigenvalue weighted by atomic mass is 16.5. The number of carbonyl (C=O) groups is 3. The van der Waals surface area contributed by atoms with Crippen LogP contribution in [0.25, 0.3) is 10.9 Å². The van der Waals surface area contributed by atoms with Gasteiger partial charge in [-0.05, 0) is 63.1 Å². The third-order valence-electron chi connectivity index (χ3n) is 6.64. The first kappa shape index (κ1) is 26.9. The average Bonchev–Trinajstić information content (AvgIpc) is 2.92. The van der Waals surface area contributed by atoms with Crippen LogP contribution in [0, 0.1) is 6.92 Å². The molecule has 1 aliphatic heterocycles. The van der Waals surface area contributed by atoms with E-state index in [2.05, 4.69) is 15.6 Å². The van der Waals surface area contributed by atoms with E-state index in [0.717, 1.165) is 22.2 Å². The van der Waals surface area contributed by atoms with Gasteiger partial charge in [0.1, 0.15) is 12.4 Å². The first-order valence-corrected chi connectivity index (χ1v) is 12.7. The summed E-state index contributed by atoms with van der Waals surface area (Å²) in [4.78, 5) is 43.8. The summed E-state index contributed by atoms with van der Waals surface area (Å²) in [6.45, 7) is 5.26. The van der Waals surface area contributed by atoms with E-state index >= 15 is 0 Å². The molecule has 4 amide bonds. The zero-order valence-corrected chi connectivity index (χ0v) is 21.6. The first-order chi connectivity index (χ1) is 18.3. The van der Waals surface area contributed by atoms with Crippen molar-refractivity contribution in [2.24, 2.45) is 0 Å². The summed E-state index contributed by atoms with van der Waals surface area (Å²) >= 11 is 0. The number of aryl methyl sites for hydroxylation is 1. The smallest absolute Gasteiger partial charge is 0.317 e. The fraction of sp³-hybridized carbons (Fsp3) is 0.357. The van der Waals surface area contributed by atoms with Crippen molar-refractivity contribution < 1.29 is 24.3 Å². The van der Waals surface area contributed by atoms with Gasteiger partial charge in [-0.15, -0.1) is 0 Å². The van der Waals surface area contributed by atoms with Crippen molar-refractivity contribution in [2.75, 3.05) is 19.6 Å². The van der Waals surface area contributed by atoms with Crippen LogP contribution in [-0.2, 0) is 11.4 Å². The number of pyridine rings is 1. The molecule has 1 atom stereocenters. The van der Waals surface area contributed by atoms with Crippen molar-refractivity contribution >= 4 is 28.7 Å². The van der Waals surface area contributed by atoms with Gasteiger partial charge in [-0.25, -0.2) is 10.3 Å². The van der Waals surface area contributed by atoms with E-state index in [4.69, 9.17) is 9.94 Å². The lowest BCUT2D eigenvalue weighted by atomic mass is 9.85. The molecule has 1 fully saturated rings.